The van der Waals surface area contributed by atoms with Gasteiger partial charge >= 0.3 is 0 Å². The second kappa shape index (κ2) is 6.37. The molecule has 1 N–H and O–H groups in total. The zero-order valence-electron chi connectivity index (χ0n) is 12.5. The molecule has 0 atom stereocenters. The molecule has 1 heterocycles. The lowest BCUT2D eigenvalue weighted by Gasteiger charge is -2.14. The molecular formula is C16H21N3O. The van der Waals surface area contributed by atoms with Crippen LogP contribution in [0.2, 0.25) is 0 Å². The Morgan fingerprint density at radius 3 is 2.45 bits per heavy atom. The Hall–Kier alpha value is -2.10. The Kier molecular flexibility index (Phi) is 4.56. The van der Waals surface area contributed by atoms with E-state index in [1.807, 2.05) is 45.0 Å². The first-order chi connectivity index (χ1) is 9.67. The summed E-state index contributed by atoms with van der Waals surface area (Å²) in [6.07, 6.45) is 0. The Balaban J connectivity index is 2.59. The molecule has 0 aliphatic heterocycles. The lowest BCUT2D eigenvalue weighted by atomic mass is 10.1. The maximum absolute atomic E-state index is 5.70. The summed E-state index contributed by atoms with van der Waals surface area (Å²) in [6.45, 7) is 9.42. The van der Waals surface area contributed by atoms with E-state index in [0.717, 1.165) is 40.8 Å². The molecular weight excluding hydrogens is 250 g/mol. The van der Waals surface area contributed by atoms with Gasteiger partial charge in [0.1, 0.15) is 11.4 Å². The van der Waals surface area contributed by atoms with Crippen LogP contribution in [0.25, 0.3) is 11.3 Å². The van der Waals surface area contributed by atoms with E-state index in [2.05, 4.69) is 17.2 Å². The van der Waals surface area contributed by atoms with Gasteiger partial charge in [0.15, 0.2) is 5.82 Å². The number of nitrogens with one attached hydrogen (secondary N) is 1. The molecule has 2 aromatic rings. The number of benzene rings is 1. The Bertz CT molecular complexity index is 596. The van der Waals surface area contributed by atoms with Gasteiger partial charge in [0.25, 0.3) is 0 Å². The SMILES string of the molecule is CCNc1nc(C)c(C)nc1-c1ccccc1OCC. The average molecular weight is 271 g/mol. The molecule has 1 aromatic carbocycles. The van der Waals surface area contributed by atoms with Crippen molar-refractivity contribution in [1.29, 1.82) is 0 Å². The van der Waals surface area contributed by atoms with Gasteiger partial charge in [-0.2, -0.15) is 0 Å². The van der Waals surface area contributed by atoms with Crippen molar-refractivity contribution in [2.75, 3.05) is 18.5 Å². The van der Waals surface area contributed by atoms with Crippen molar-refractivity contribution in [2.45, 2.75) is 27.7 Å². The third-order valence-electron chi connectivity index (χ3n) is 3.09. The third kappa shape index (κ3) is 2.90. The van der Waals surface area contributed by atoms with Crippen molar-refractivity contribution in [3.05, 3.63) is 35.7 Å². The van der Waals surface area contributed by atoms with Crippen molar-refractivity contribution in [3.8, 4) is 17.0 Å². The topological polar surface area (TPSA) is 47.0 Å². The van der Waals surface area contributed by atoms with Gasteiger partial charge in [0.05, 0.1) is 18.0 Å². The fourth-order valence-corrected chi connectivity index (χ4v) is 2.03. The van der Waals surface area contributed by atoms with Crippen LogP contribution in [0, 0.1) is 13.8 Å². The van der Waals surface area contributed by atoms with E-state index in [-0.39, 0.29) is 0 Å². The van der Waals surface area contributed by atoms with Gasteiger partial charge in [-0.25, -0.2) is 9.97 Å². The van der Waals surface area contributed by atoms with E-state index in [1.54, 1.807) is 0 Å². The predicted molar refractivity (Wildman–Crippen MR) is 82.3 cm³/mol. The normalized spacial score (nSPS) is 10.4. The number of hydrogen-bond donors (Lipinski definition) is 1. The summed E-state index contributed by atoms with van der Waals surface area (Å²) in [6, 6.07) is 7.94. The predicted octanol–water partition coefficient (Wildman–Crippen LogP) is 3.59. The van der Waals surface area contributed by atoms with Gasteiger partial charge in [-0.3, -0.25) is 0 Å². The summed E-state index contributed by atoms with van der Waals surface area (Å²) in [5.41, 5.74) is 3.70. The summed E-state index contributed by atoms with van der Waals surface area (Å²) in [4.78, 5) is 9.31. The number of nitrogens with zero attached hydrogens (tertiary/aromatic N) is 2. The smallest absolute Gasteiger partial charge is 0.153 e. The minimum Gasteiger partial charge on any atom is -0.493 e. The monoisotopic (exact) mass is 271 g/mol. The van der Waals surface area contributed by atoms with Gasteiger partial charge < -0.3 is 10.1 Å². The van der Waals surface area contributed by atoms with Crippen LogP contribution in [-0.4, -0.2) is 23.1 Å². The number of anilines is 1. The molecule has 2 rings (SSSR count). The summed E-state index contributed by atoms with van der Waals surface area (Å²) < 4.78 is 5.70. The van der Waals surface area contributed by atoms with E-state index >= 15 is 0 Å². The van der Waals surface area contributed by atoms with Crippen molar-refractivity contribution in [3.63, 3.8) is 0 Å². The standard InChI is InChI=1S/C16H21N3O/c1-5-17-16-15(18-11(3)12(4)19-16)13-9-7-8-10-14(13)20-6-2/h7-10H,5-6H2,1-4H3,(H,17,19). The van der Waals surface area contributed by atoms with Crippen LogP contribution in [0.5, 0.6) is 5.75 Å². The third-order valence-corrected chi connectivity index (χ3v) is 3.09. The molecule has 0 aliphatic rings. The lowest BCUT2D eigenvalue weighted by molar-refractivity contribution is 0.341. The van der Waals surface area contributed by atoms with Gasteiger partial charge in [-0.05, 0) is 39.8 Å². The van der Waals surface area contributed by atoms with E-state index in [0.29, 0.717) is 6.61 Å². The maximum Gasteiger partial charge on any atom is 0.153 e. The van der Waals surface area contributed by atoms with Crippen molar-refractivity contribution in [1.82, 2.24) is 9.97 Å². The average Bonchev–Trinajstić information content (AvgIpc) is 2.44. The van der Waals surface area contributed by atoms with Crippen LogP contribution in [0.4, 0.5) is 5.82 Å². The van der Waals surface area contributed by atoms with Crippen LogP contribution in [0.1, 0.15) is 25.2 Å². The largest absolute Gasteiger partial charge is 0.493 e. The van der Waals surface area contributed by atoms with Gasteiger partial charge in [-0.15, -0.1) is 0 Å². The molecule has 0 spiro atoms. The fourth-order valence-electron chi connectivity index (χ4n) is 2.03. The lowest BCUT2D eigenvalue weighted by Crippen LogP contribution is -2.07. The van der Waals surface area contributed by atoms with E-state index in [4.69, 9.17) is 9.72 Å². The van der Waals surface area contributed by atoms with Gasteiger partial charge in [-0.1, -0.05) is 12.1 Å². The molecule has 0 unspecified atom stereocenters. The zero-order valence-corrected chi connectivity index (χ0v) is 12.5. The van der Waals surface area contributed by atoms with Crippen LogP contribution in [0.15, 0.2) is 24.3 Å². The summed E-state index contributed by atoms with van der Waals surface area (Å²) in [5, 5.41) is 3.28. The molecule has 20 heavy (non-hydrogen) atoms. The molecule has 0 fully saturated rings. The first-order valence-electron chi connectivity index (χ1n) is 6.98. The van der Waals surface area contributed by atoms with E-state index < -0.39 is 0 Å². The molecule has 0 radical (unpaired) electrons. The quantitative estimate of drug-likeness (QED) is 0.902. The van der Waals surface area contributed by atoms with E-state index in [1.165, 1.54) is 0 Å². The number of rotatable bonds is 5. The second-order valence-corrected chi connectivity index (χ2v) is 4.55. The van der Waals surface area contributed by atoms with Crippen molar-refractivity contribution < 1.29 is 4.74 Å². The van der Waals surface area contributed by atoms with Crippen LogP contribution in [0.3, 0.4) is 0 Å². The molecule has 0 saturated heterocycles. The highest BCUT2D eigenvalue weighted by atomic mass is 16.5. The number of aryl methyl sites for hydroxylation is 2. The summed E-state index contributed by atoms with van der Waals surface area (Å²) in [7, 11) is 0. The van der Waals surface area contributed by atoms with Crippen molar-refractivity contribution >= 4 is 5.82 Å². The molecule has 0 aliphatic carbocycles. The Morgan fingerprint density at radius 2 is 1.75 bits per heavy atom. The second-order valence-electron chi connectivity index (χ2n) is 4.55. The number of ether oxygens (including phenoxy) is 1. The maximum atomic E-state index is 5.70. The van der Waals surface area contributed by atoms with Crippen LogP contribution < -0.4 is 10.1 Å². The molecule has 0 bridgehead atoms. The zero-order chi connectivity index (χ0) is 14.5. The molecule has 4 heteroatoms. The van der Waals surface area contributed by atoms with Crippen molar-refractivity contribution in [2.24, 2.45) is 0 Å². The molecule has 0 saturated carbocycles. The molecule has 0 amide bonds. The number of para-hydroxylation sites is 1. The number of aromatic nitrogens is 2. The highest BCUT2D eigenvalue weighted by Crippen LogP contribution is 2.33. The first-order valence-corrected chi connectivity index (χ1v) is 6.98. The van der Waals surface area contributed by atoms with Crippen LogP contribution in [-0.2, 0) is 0 Å². The molecule has 1 aromatic heterocycles. The molecule has 4 nitrogen and oxygen atoms in total. The summed E-state index contributed by atoms with van der Waals surface area (Å²) in [5.74, 6) is 1.65. The van der Waals surface area contributed by atoms with Gasteiger partial charge in [0, 0.05) is 12.1 Å². The molecule has 106 valence electrons. The highest BCUT2D eigenvalue weighted by Gasteiger charge is 2.14. The Morgan fingerprint density at radius 1 is 1.05 bits per heavy atom. The minimum absolute atomic E-state index is 0.631. The Labute approximate surface area is 120 Å². The van der Waals surface area contributed by atoms with Gasteiger partial charge in [0.2, 0.25) is 0 Å². The first kappa shape index (κ1) is 14.3. The minimum atomic E-state index is 0.631. The summed E-state index contributed by atoms with van der Waals surface area (Å²) >= 11 is 0. The number of hydrogen-bond acceptors (Lipinski definition) is 4. The fraction of sp³-hybridized carbons (Fsp3) is 0.375. The highest BCUT2D eigenvalue weighted by molar-refractivity contribution is 5.76. The van der Waals surface area contributed by atoms with E-state index in [9.17, 15) is 0 Å². The van der Waals surface area contributed by atoms with Crippen LogP contribution >= 0.6 is 0 Å².